The van der Waals surface area contributed by atoms with E-state index in [-0.39, 0.29) is 11.8 Å². The van der Waals surface area contributed by atoms with Gasteiger partial charge in [0.05, 0.1) is 11.9 Å². The van der Waals surface area contributed by atoms with Gasteiger partial charge in [0.2, 0.25) is 11.8 Å². The Morgan fingerprint density at radius 3 is 2.90 bits per heavy atom. The molecule has 1 amide bonds. The molecule has 0 radical (unpaired) electrons. The molecule has 0 spiro atoms. The lowest BCUT2D eigenvalue weighted by Crippen LogP contribution is -2.14. The summed E-state index contributed by atoms with van der Waals surface area (Å²) in [6.07, 6.45) is 5.05. The van der Waals surface area contributed by atoms with E-state index in [2.05, 4.69) is 15.3 Å². The lowest BCUT2D eigenvalue weighted by Gasteiger charge is -2.08. The molecule has 108 valence electrons. The minimum atomic E-state index is 0.0149. The Hall–Kier alpha value is -2.63. The smallest absolute Gasteiger partial charge is 0.228 e. The number of hydrogen-bond acceptors (Lipinski definition) is 5. The average Bonchev–Trinajstić information content (AvgIpc) is 3.28. The summed E-state index contributed by atoms with van der Waals surface area (Å²) in [4.78, 5) is 19.9. The van der Waals surface area contributed by atoms with E-state index in [4.69, 9.17) is 10.5 Å². The molecule has 0 bridgehead atoms. The Balaban J connectivity index is 1.72. The van der Waals surface area contributed by atoms with Crippen molar-refractivity contribution in [2.24, 2.45) is 5.92 Å². The number of carbonyl (C=O) groups excluding carboxylic acids is 1. The number of nitrogens with two attached hydrogens (primary N) is 1. The molecule has 2 aromatic heterocycles. The van der Waals surface area contributed by atoms with E-state index in [0.717, 1.165) is 18.4 Å². The third kappa shape index (κ3) is 3.28. The number of aromatic nitrogens is 2. The summed E-state index contributed by atoms with van der Waals surface area (Å²) in [7, 11) is 0. The van der Waals surface area contributed by atoms with Crippen molar-refractivity contribution in [3.8, 4) is 11.6 Å². The number of rotatable bonds is 4. The highest BCUT2D eigenvalue weighted by Crippen LogP contribution is 2.30. The van der Waals surface area contributed by atoms with E-state index >= 15 is 0 Å². The molecule has 1 saturated carbocycles. The summed E-state index contributed by atoms with van der Waals surface area (Å²) in [6.45, 7) is 1.89. The van der Waals surface area contributed by atoms with Crippen LogP contribution in [0.2, 0.25) is 0 Å². The van der Waals surface area contributed by atoms with E-state index in [1.165, 1.54) is 0 Å². The molecule has 2 aromatic rings. The van der Waals surface area contributed by atoms with Crippen molar-refractivity contribution in [3.05, 3.63) is 36.2 Å². The van der Waals surface area contributed by atoms with Crippen LogP contribution in [0.4, 0.5) is 11.5 Å². The van der Waals surface area contributed by atoms with Gasteiger partial charge in [0.15, 0.2) is 0 Å². The van der Waals surface area contributed by atoms with Gasteiger partial charge in [0, 0.05) is 24.2 Å². The molecule has 1 aliphatic rings. The number of nitrogens with one attached hydrogen (secondary N) is 1. The Labute approximate surface area is 122 Å². The van der Waals surface area contributed by atoms with Crippen LogP contribution in [-0.4, -0.2) is 15.9 Å². The number of carbonyl (C=O) groups is 1. The van der Waals surface area contributed by atoms with Gasteiger partial charge in [-0.05, 0) is 31.4 Å². The summed E-state index contributed by atoms with van der Waals surface area (Å²) in [5.74, 6) is 1.65. The van der Waals surface area contributed by atoms with Crippen molar-refractivity contribution in [2.45, 2.75) is 19.8 Å². The monoisotopic (exact) mass is 284 g/mol. The van der Waals surface area contributed by atoms with Crippen LogP contribution in [-0.2, 0) is 4.79 Å². The minimum absolute atomic E-state index is 0.0149. The van der Waals surface area contributed by atoms with Gasteiger partial charge in [-0.2, -0.15) is 0 Å². The number of aryl methyl sites for hydroxylation is 1. The maximum absolute atomic E-state index is 11.7. The molecule has 2 heterocycles. The molecule has 0 saturated heterocycles. The van der Waals surface area contributed by atoms with Crippen LogP contribution in [0.1, 0.15) is 18.4 Å². The van der Waals surface area contributed by atoms with Crippen LogP contribution in [0.15, 0.2) is 30.6 Å². The highest BCUT2D eigenvalue weighted by atomic mass is 16.5. The van der Waals surface area contributed by atoms with Crippen molar-refractivity contribution >= 4 is 17.4 Å². The zero-order valence-corrected chi connectivity index (χ0v) is 11.7. The van der Waals surface area contributed by atoms with E-state index in [1.807, 2.05) is 6.92 Å². The highest BCUT2D eigenvalue weighted by molar-refractivity contribution is 5.93. The lowest BCUT2D eigenvalue weighted by atomic mass is 10.2. The largest absolute Gasteiger partial charge is 0.439 e. The first-order chi connectivity index (χ1) is 10.1. The van der Waals surface area contributed by atoms with Gasteiger partial charge in [-0.1, -0.05) is 0 Å². The topological polar surface area (TPSA) is 90.1 Å². The highest BCUT2D eigenvalue weighted by Gasteiger charge is 2.29. The second-order valence-electron chi connectivity index (χ2n) is 5.12. The van der Waals surface area contributed by atoms with Gasteiger partial charge >= 0.3 is 0 Å². The molecular weight excluding hydrogens is 268 g/mol. The van der Waals surface area contributed by atoms with Crippen molar-refractivity contribution < 1.29 is 9.53 Å². The van der Waals surface area contributed by atoms with Crippen LogP contribution >= 0.6 is 0 Å². The lowest BCUT2D eigenvalue weighted by molar-refractivity contribution is -0.117. The molecule has 3 N–H and O–H groups in total. The molecule has 21 heavy (non-hydrogen) atoms. The van der Waals surface area contributed by atoms with Crippen LogP contribution in [0.3, 0.4) is 0 Å². The van der Waals surface area contributed by atoms with Gasteiger partial charge in [-0.3, -0.25) is 4.79 Å². The second kappa shape index (κ2) is 5.40. The number of ether oxygens (including phenoxy) is 1. The standard InChI is InChI=1S/C15H16N4O2/c1-9-6-14(18-8-12(9)16)21-11-4-5-17-13(7-11)19-15(20)10-2-3-10/h4-8,10H,2-3,16H2,1H3,(H,17,19,20). The van der Waals surface area contributed by atoms with Crippen molar-refractivity contribution in [1.82, 2.24) is 9.97 Å². The van der Waals surface area contributed by atoms with Gasteiger partial charge in [0.1, 0.15) is 11.6 Å². The summed E-state index contributed by atoms with van der Waals surface area (Å²) in [5.41, 5.74) is 7.24. The molecule has 0 unspecified atom stereocenters. The summed E-state index contributed by atoms with van der Waals surface area (Å²) < 4.78 is 5.65. The molecule has 6 nitrogen and oxygen atoms in total. The SMILES string of the molecule is Cc1cc(Oc2ccnc(NC(=O)C3CC3)c2)ncc1N. The van der Waals surface area contributed by atoms with Gasteiger partial charge in [-0.15, -0.1) is 0 Å². The third-order valence-electron chi connectivity index (χ3n) is 3.28. The van der Waals surface area contributed by atoms with Crippen molar-refractivity contribution in [1.29, 1.82) is 0 Å². The predicted molar refractivity (Wildman–Crippen MR) is 79.1 cm³/mol. The van der Waals surface area contributed by atoms with Crippen LogP contribution < -0.4 is 15.8 Å². The first-order valence-electron chi connectivity index (χ1n) is 6.79. The summed E-state index contributed by atoms with van der Waals surface area (Å²) in [6, 6.07) is 5.14. The van der Waals surface area contributed by atoms with Gasteiger partial charge < -0.3 is 15.8 Å². The van der Waals surface area contributed by atoms with E-state index < -0.39 is 0 Å². The predicted octanol–water partition coefficient (Wildman–Crippen LogP) is 2.51. The number of nitrogens with zero attached hydrogens (tertiary/aromatic N) is 2. The Morgan fingerprint density at radius 2 is 2.19 bits per heavy atom. The number of hydrogen-bond donors (Lipinski definition) is 2. The first-order valence-corrected chi connectivity index (χ1v) is 6.79. The molecule has 0 aliphatic heterocycles. The van der Waals surface area contributed by atoms with Crippen molar-refractivity contribution in [2.75, 3.05) is 11.1 Å². The Morgan fingerprint density at radius 1 is 1.38 bits per heavy atom. The second-order valence-corrected chi connectivity index (χ2v) is 5.12. The van der Waals surface area contributed by atoms with E-state index in [9.17, 15) is 4.79 Å². The van der Waals surface area contributed by atoms with Gasteiger partial charge in [0.25, 0.3) is 0 Å². The minimum Gasteiger partial charge on any atom is -0.439 e. The average molecular weight is 284 g/mol. The molecule has 1 aliphatic carbocycles. The number of anilines is 2. The van der Waals surface area contributed by atoms with E-state index in [1.54, 1.807) is 30.6 Å². The number of nitrogen functional groups attached to an aromatic ring is 1. The molecule has 3 rings (SSSR count). The fourth-order valence-electron chi connectivity index (χ4n) is 1.83. The van der Waals surface area contributed by atoms with Crippen LogP contribution in [0.25, 0.3) is 0 Å². The van der Waals surface area contributed by atoms with Crippen LogP contribution in [0.5, 0.6) is 11.6 Å². The Kier molecular flexibility index (Phi) is 3.43. The zero-order valence-electron chi connectivity index (χ0n) is 11.7. The maximum atomic E-state index is 11.7. The van der Waals surface area contributed by atoms with E-state index in [0.29, 0.717) is 23.1 Å². The summed E-state index contributed by atoms with van der Waals surface area (Å²) >= 11 is 0. The fraction of sp³-hybridized carbons (Fsp3) is 0.267. The van der Waals surface area contributed by atoms with Crippen molar-refractivity contribution in [3.63, 3.8) is 0 Å². The molecule has 1 fully saturated rings. The number of pyridine rings is 2. The molecule has 0 aromatic carbocycles. The number of amides is 1. The zero-order chi connectivity index (χ0) is 14.8. The molecule has 0 atom stereocenters. The molecular formula is C15H16N4O2. The normalized spacial score (nSPS) is 13.8. The van der Waals surface area contributed by atoms with Crippen LogP contribution in [0, 0.1) is 12.8 Å². The Bertz CT molecular complexity index is 683. The molecule has 6 heteroatoms. The quantitative estimate of drug-likeness (QED) is 0.900. The maximum Gasteiger partial charge on any atom is 0.228 e. The van der Waals surface area contributed by atoms with Gasteiger partial charge in [-0.25, -0.2) is 9.97 Å². The fourth-order valence-corrected chi connectivity index (χ4v) is 1.83. The summed E-state index contributed by atoms with van der Waals surface area (Å²) in [5, 5.41) is 2.78. The third-order valence-corrected chi connectivity index (χ3v) is 3.28. The first kappa shape index (κ1) is 13.4.